The second kappa shape index (κ2) is 4.96. The average molecular weight is 267 g/mol. The molecular weight excluding hydrogens is 254 g/mol. The fourth-order valence-electron chi connectivity index (χ4n) is 1.72. The van der Waals surface area contributed by atoms with Crippen LogP contribution >= 0.6 is 0 Å². The van der Waals surface area contributed by atoms with Gasteiger partial charge >= 0.3 is 0 Å². The molecule has 0 spiro atoms. The van der Waals surface area contributed by atoms with Crippen LogP contribution in [0.25, 0.3) is 11.5 Å². The first-order valence-corrected chi connectivity index (χ1v) is 6.06. The highest BCUT2D eigenvalue weighted by Gasteiger charge is 2.08. The first-order chi connectivity index (χ1) is 9.70. The third kappa shape index (κ3) is 2.56. The SMILES string of the molecule is Cc1ccc(Nc2nc(N)nc(-c3ccn[nH]3)n2)cc1. The van der Waals surface area contributed by atoms with Gasteiger partial charge in [0.25, 0.3) is 0 Å². The topological polar surface area (TPSA) is 105 Å². The van der Waals surface area contributed by atoms with Crippen molar-refractivity contribution >= 4 is 17.6 Å². The minimum absolute atomic E-state index is 0.152. The summed E-state index contributed by atoms with van der Waals surface area (Å²) in [6, 6.07) is 9.67. The van der Waals surface area contributed by atoms with Gasteiger partial charge in [0.1, 0.15) is 5.69 Å². The zero-order valence-electron chi connectivity index (χ0n) is 10.8. The summed E-state index contributed by atoms with van der Waals surface area (Å²) in [7, 11) is 0. The number of hydrogen-bond acceptors (Lipinski definition) is 6. The highest BCUT2D eigenvalue weighted by atomic mass is 15.2. The van der Waals surface area contributed by atoms with E-state index in [-0.39, 0.29) is 5.95 Å². The maximum Gasteiger partial charge on any atom is 0.232 e. The average Bonchev–Trinajstić information content (AvgIpc) is 2.95. The number of hydrogen-bond donors (Lipinski definition) is 3. The number of aromatic amines is 1. The number of benzene rings is 1. The van der Waals surface area contributed by atoms with Gasteiger partial charge in [-0.2, -0.15) is 20.1 Å². The van der Waals surface area contributed by atoms with E-state index in [2.05, 4.69) is 30.5 Å². The first-order valence-electron chi connectivity index (χ1n) is 6.06. The van der Waals surface area contributed by atoms with Crippen molar-refractivity contribution < 1.29 is 0 Å². The summed E-state index contributed by atoms with van der Waals surface area (Å²) in [6.07, 6.45) is 1.63. The van der Waals surface area contributed by atoms with E-state index < -0.39 is 0 Å². The normalized spacial score (nSPS) is 10.4. The molecule has 20 heavy (non-hydrogen) atoms. The van der Waals surface area contributed by atoms with Crippen LogP contribution in [0, 0.1) is 6.92 Å². The lowest BCUT2D eigenvalue weighted by Gasteiger charge is -2.06. The largest absolute Gasteiger partial charge is 0.368 e. The molecule has 100 valence electrons. The lowest BCUT2D eigenvalue weighted by molar-refractivity contribution is 1.03. The molecule has 0 radical (unpaired) electrons. The fourth-order valence-corrected chi connectivity index (χ4v) is 1.72. The third-order valence-corrected chi connectivity index (χ3v) is 2.70. The molecule has 3 aromatic rings. The van der Waals surface area contributed by atoms with Crippen molar-refractivity contribution in [3.63, 3.8) is 0 Å². The number of nitrogens with zero attached hydrogens (tertiary/aromatic N) is 4. The van der Waals surface area contributed by atoms with Crippen LogP contribution in [-0.2, 0) is 0 Å². The Kier molecular flexibility index (Phi) is 3.00. The van der Waals surface area contributed by atoms with E-state index in [4.69, 9.17) is 5.73 Å². The Labute approximate surface area is 115 Å². The Morgan fingerprint density at radius 2 is 1.85 bits per heavy atom. The Balaban J connectivity index is 1.92. The monoisotopic (exact) mass is 267 g/mol. The van der Waals surface area contributed by atoms with E-state index in [1.807, 2.05) is 31.2 Å². The molecule has 2 heterocycles. The van der Waals surface area contributed by atoms with Crippen molar-refractivity contribution in [3.05, 3.63) is 42.1 Å². The van der Waals surface area contributed by atoms with Gasteiger partial charge in [0.05, 0.1) is 0 Å². The molecule has 0 aliphatic heterocycles. The highest BCUT2D eigenvalue weighted by molar-refractivity contribution is 5.58. The van der Waals surface area contributed by atoms with Crippen LogP contribution in [0.1, 0.15) is 5.56 Å². The molecule has 0 atom stereocenters. The number of nitrogens with one attached hydrogen (secondary N) is 2. The maximum atomic E-state index is 5.71. The van der Waals surface area contributed by atoms with Crippen molar-refractivity contribution in [2.24, 2.45) is 0 Å². The number of anilines is 3. The number of aryl methyl sites for hydroxylation is 1. The van der Waals surface area contributed by atoms with Crippen LogP contribution in [0.4, 0.5) is 17.6 Å². The van der Waals surface area contributed by atoms with Crippen molar-refractivity contribution in [2.45, 2.75) is 6.92 Å². The molecule has 0 aliphatic rings. The van der Waals surface area contributed by atoms with Crippen molar-refractivity contribution in [3.8, 4) is 11.5 Å². The molecule has 0 amide bonds. The summed E-state index contributed by atoms with van der Waals surface area (Å²) >= 11 is 0. The molecule has 3 rings (SSSR count). The Morgan fingerprint density at radius 3 is 2.55 bits per heavy atom. The van der Waals surface area contributed by atoms with Crippen LogP contribution in [0.2, 0.25) is 0 Å². The summed E-state index contributed by atoms with van der Waals surface area (Å²) in [5.74, 6) is 0.995. The van der Waals surface area contributed by atoms with Gasteiger partial charge in [-0.15, -0.1) is 0 Å². The third-order valence-electron chi connectivity index (χ3n) is 2.70. The van der Waals surface area contributed by atoms with E-state index in [9.17, 15) is 0 Å². The number of aromatic nitrogens is 5. The minimum Gasteiger partial charge on any atom is -0.368 e. The second-order valence-electron chi connectivity index (χ2n) is 4.30. The van der Waals surface area contributed by atoms with Gasteiger partial charge in [-0.3, -0.25) is 5.10 Å². The van der Waals surface area contributed by atoms with E-state index >= 15 is 0 Å². The molecular formula is C13H13N7. The standard InChI is InChI=1S/C13H13N7/c1-8-2-4-9(5-3-8)16-13-18-11(17-12(14)19-13)10-6-7-15-20-10/h2-7H,1H3,(H,15,20)(H3,14,16,17,18,19). The van der Waals surface area contributed by atoms with E-state index in [1.54, 1.807) is 12.3 Å². The van der Waals surface area contributed by atoms with Crippen molar-refractivity contribution in [1.29, 1.82) is 0 Å². The van der Waals surface area contributed by atoms with Gasteiger partial charge in [-0.25, -0.2) is 0 Å². The van der Waals surface area contributed by atoms with Crippen LogP contribution < -0.4 is 11.1 Å². The zero-order valence-corrected chi connectivity index (χ0v) is 10.8. The van der Waals surface area contributed by atoms with E-state index in [1.165, 1.54) is 5.56 Å². The fraction of sp³-hybridized carbons (Fsp3) is 0.0769. The van der Waals surface area contributed by atoms with Crippen molar-refractivity contribution in [1.82, 2.24) is 25.1 Å². The molecule has 2 aromatic heterocycles. The lowest BCUT2D eigenvalue weighted by atomic mass is 10.2. The Bertz CT molecular complexity index is 704. The zero-order chi connectivity index (χ0) is 13.9. The summed E-state index contributed by atoms with van der Waals surface area (Å²) in [5.41, 5.74) is 8.46. The van der Waals surface area contributed by atoms with Gasteiger partial charge < -0.3 is 11.1 Å². The number of rotatable bonds is 3. The quantitative estimate of drug-likeness (QED) is 0.669. The van der Waals surface area contributed by atoms with Crippen LogP contribution in [0.5, 0.6) is 0 Å². The Hall–Kier alpha value is -2.96. The first kappa shape index (κ1) is 12.1. The molecule has 0 saturated heterocycles. The van der Waals surface area contributed by atoms with Gasteiger partial charge in [-0.05, 0) is 25.1 Å². The smallest absolute Gasteiger partial charge is 0.232 e. The predicted octanol–water partition coefficient (Wildman–Crippen LogP) is 1.90. The van der Waals surface area contributed by atoms with Gasteiger partial charge in [0.15, 0.2) is 5.82 Å². The molecule has 0 bridgehead atoms. The molecule has 7 nitrogen and oxygen atoms in total. The number of H-pyrrole nitrogens is 1. The molecule has 4 N–H and O–H groups in total. The minimum atomic E-state index is 0.152. The van der Waals surface area contributed by atoms with Crippen LogP contribution in [0.3, 0.4) is 0 Å². The summed E-state index contributed by atoms with van der Waals surface area (Å²) in [6.45, 7) is 2.03. The number of nitrogens with two attached hydrogens (primary N) is 1. The summed E-state index contributed by atoms with van der Waals surface area (Å²) < 4.78 is 0. The van der Waals surface area contributed by atoms with Gasteiger partial charge in [0, 0.05) is 11.9 Å². The van der Waals surface area contributed by atoms with Crippen LogP contribution in [0.15, 0.2) is 36.5 Å². The Morgan fingerprint density at radius 1 is 1.05 bits per heavy atom. The molecule has 0 unspecified atom stereocenters. The molecule has 1 aromatic carbocycles. The van der Waals surface area contributed by atoms with E-state index in [0.29, 0.717) is 17.5 Å². The van der Waals surface area contributed by atoms with Gasteiger partial charge in [-0.1, -0.05) is 17.7 Å². The summed E-state index contributed by atoms with van der Waals surface area (Å²) in [4.78, 5) is 12.5. The van der Waals surface area contributed by atoms with Gasteiger partial charge in [0.2, 0.25) is 11.9 Å². The van der Waals surface area contributed by atoms with Crippen LogP contribution in [-0.4, -0.2) is 25.1 Å². The molecule has 0 fully saturated rings. The lowest BCUT2D eigenvalue weighted by Crippen LogP contribution is -2.05. The molecule has 0 aliphatic carbocycles. The predicted molar refractivity (Wildman–Crippen MR) is 76.3 cm³/mol. The molecule has 7 heteroatoms. The van der Waals surface area contributed by atoms with Crippen molar-refractivity contribution in [2.75, 3.05) is 11.1 Å². The second-order valence-corrected chi connectivity index (χ2v) is 4.30. The van der Waals surface area contributed by atoms with E-state index in [0.717, 1.165) is 5.69 Å². The highest BCUT2D eigenvalue weighted by Crippen LogP contribution is 2.17. The summed E-state index contributed by atoms with van der Waals surface area (Å²) in [5, 5.41) is 9.76. The molecule has 0 saturated carbocycles. The maximum absolute atomic E-state index is 5.71. The number of nitrogen functional groups attached to an aromatic ring is 1.